The lowest BCUT2D eigenvalue weighted by Gasteiger charge is -2.34. The van der Waals surface area contributed by atoms with Crippen molar-refractivity contribution in [3.8, 4) is 0 Å². The van der Waals surface area contributed by atoms with E-state index in [0.717, 1.165) is 12.5 Å². The lowest BCUT2D eigenvalue weighted by Crippen LogP contribution is -2.42. The van der Waals surface area contributed by atoms with Crippen molar-refractivity contribution in [3.63, 3.8) is 0 Å². The third kappa shape index (κ3) is 4.78. The molecule has 1 aromatic carbocycles. The van der Waals surface area contributed by atoms with Crippen LogP contribution >= 0.6 is 23.2 Å². The summed E-state index contributed by atoms with van der Waals surface area (Å²) in [6, 6.07) is 6.15. The van der Waals surface area contributed by atoms with Crippen molar-refractivity contribution in [2.75, 3.05) is 13.1 Å². The Morgan fingerprint density at radius 2 is 1.73 bits per heavy atom. The normalized spacial score (nSPS) is 24.7. The fraction of sp³-hybridized carbons (Fsp3) is 0.474. The molecule has 2 unspecified atom stereocenters. The minimum absolute atomic E-state index is 0.261. The molecule has 2 atom stereocenters. The molecule has 0 spiro atoms. The van der Waals surface area contributed by atoms with E-state index in [2.05, 4.69) is 37.8 Å². The van der Waals surface area contributed by atoms with Gasteiger partial charge in [-0.15, -0.1) is 0 Å². The van der Waals surface area contributed by atoms with Gasteiger partial charge in [0.2, 0.25) is 0 Å². The fourth-order valence-corrected chi connectivity index (χ4v) is 3.69. The summed E-state index contributed by atoms with van der Waals surface area (Å²) >= 11 is 12.2. The van der Waals surface area contributed by atoms with Crippen LogP contribution in [-0.4, -0.2) is 45.7 Å². The molecular formula is C19H23Cl2NO4. The molecule has 0 aromatic heterocycles. The Kier molecular flexibility index (Phi) is 6.06. The van der Waals surface area contributed by atoms with Gasteiger partial charge in [-0.25, -0.2) is 9.59 Å². The van der Waals surface area contributed by atoms with Crippen molar-refractivity contribution in [1.29, 1.82) is 0 Å². The number of piperidine rings is 1. The molecular weight excluding hydrogens is 377 g/mol. The quantitative estimate of drug-likeness (QED) is 0.748. The summed E-state index contributed by atoms with van der Waals surface area (Å²) in [7, 11) is 0. The fourth-order valence-electron chi connectivity index (χ4n) is 3.39. The van der Waals surface area contributed by atoms with Crippen molar-refractivity contribution in [3.05, 3.63) is 46.0 Å². The highest BCUT2D eigenvalue weighted by Crippen LogP contribution is 2.60. The second-order valence-electron chi connectivity index (χ2n) is 7.75. The first-order valence-electron chi connectivity index (χ1n) is 8.30. The molecule has 142 valence electrons. The molecule has 1 aliphatic heterocycles. The molecule has 0 amide bonds. The highest BCUT2D eigenvalue weighted by Gasteiger charge is 2.61. The van der Waals surface area contributed by atoms with Crippen LogP contribution in [0.1, 0.15) is 32.8 Å². The molecule has 0 bridgehead atoms. The van der Waals surface area contributed by atoms with Crippen molar-refractivity contribution >= 4 is 35.1 Å². The van der Waals surface area contributed by atoms with Gasteiger partial charge in [-0.2, -0.15) is 0 Å². The number of halogens is 2. The number of carbonyl (C=O) groups is 2. The molecule has 1 aromatic rings. The van der Waals surface area contributed by atoms with E-state index in [1.807, 2.05) is 6.07 Å². The molecule has 1 saturated heterocycles. The number of fused-ring (bicyclic) bond motifs is 1. The molecule has 1 aliphatic carbocycles. The number of carboxylic acids is 2. The number of nitrogens with zero attached hydrogens (tertiary/aromatic N) is 1. The Morgan fingerprint density at radius 3 is 2.15 bits per heavy atom. The maximum Gasteiger partial charge on any atom is 0.328 e. The van der Waals surface area contributed by atoms with Gasteiger partial charge in [-0.05, 0) is 50.8 Å². The molecule has 3 rings (SSSR count). The Bertz CT molecular complexity index is 726. The summed E-state index contributed by atoms with van der Waals surface area (Å²) in [5.41, 5.74) is 1.98. The van der Waals surface area contributed by atoms with Gasteiger partial charge >= 0.3 is 11.9 Å². The van der Waals surface area contributed by atoms with Crippen molar-refractivity contribution in [1.82, 2.24) is 4.90 Å². The Balaban J connectivity index is 0.000000260. The average Bonchev–Trinajstić information content (AvgIpc) is 3.09. The second-order valence-corrected chi connectivity index (χ2v) is 8.56. The van der Waals surface area contributed by atoms with Crippen molar-refractivity contribution < 1.29 is 19.8 Å². The molecule has 26 heavy (non-hydrogen) atoms. The van der Waals surface area contributed by atoms with E-state index in [-0.39, 0.29) is 5.54 Å². The van der Waals surface area contributed by atoms with Crippen LogP contribution in [0.25, 0.3) is 0 Å². The highest BCUT2D eigenvalue weighted by atomic mass is 35.5. The number of carboxylic acid groups (broad SMARTS) is 2. The summed E-state index contributed by atoms with van der Waals surface area (Å²) in [4.78, 5) is 21.7. The predicted octanol–water partition coefficient (Wildman–Crippen LogP) is 4.08. The van der Waals surface area contributed by atoms with Gasteiger partial charge in [0.25, 0.3) is 0 Å². The summed E-state index contributed by atoms with van der Waals surface area (Å²) in [6.45, 7) is 9.24. The first-order chi connectivity index (χ1) is 12.0. The van der Waals surface area contributed by atoms with E-state index in [4.69, 9.17) is 33.4 Å². The van der Waals surface area contributed by atoms with E-state index in [0.29, 0.717) is 27.6 Å². The van der Waals surface area contributed by atoms with E-state index in [9.17, 15) is 9.59 Å². The van der Waals surface area contributed by atoms with Gasteiger partial charge in [0.05, 0.1) is 10.0 Å². The molecule has 5 nitrogen and oxygen atoms in total. The number of hydrogen-bond donors (Lipinski definition) is 2. The standard InChI is InChI=1S/C15H19Cl2N.C4H4O4/c1-14(2,3)18-8-11-7-15(11,9-18)10-4-5-12(16)13(17)6-10;5-3(6)1-2-4(7)8/h4-6,11H,7-9H2,1-3H3;1-2H,(H,5,6)(H,7,8)/b;2-1-. The van der Waals surface area contributed by atoms with Gasteiger partial charge in [-0.3, -0.25) is 4.90 Å². The Morgan fingerprint density at radius 1 is 1.15 bits per heavy atom. The number of likely N-dealkylation sites (tertiary alicyclic amines) is 1. The molecule has 0 radical (unpaired) electrons. The molecule has 7 heteroatoms. The van der Waals surface area contributed by atoms with Crippen LogP contribution in [0.4, 0.5) is 0 Å². The summed E-state index contributed by atoms with van der Waals surface area (Å²) in [6.07, 6.45) is 2.42. The molecule has 2 N–H and O–H groups in total. The van der Waals surface area contributed by atoms with E-state index >= 15 is 0 Å². The van der Waals surface area contributed by atoms with E-state index in [1.165, 1.54) is 18.5 Å². The Labute approximate surface area is 163 Å². The van der Waals surface area contributed by atoms with Crippen LogP contribution in [-0.2, 0) is 15.0 Å². The lowest BCUT2D eigenvalue weighted by molar-refractivity contribution is -0.134. The summed E-state index contributed by atoms with van der Waals surface area (Å²) in [5.74, 6) is -1.71. The summed E-state index contributed by atoms with van der Waals surface area (Å²) in [5, 5.41) is 17.0. The van der Waals surface area contributed by atoms with Gasteiger partial charge in [0, 0.05) is 36.2 Å². The summed E-state index contributed by atoms with van der Waals surface area (Å²) < 4.78 is 0. The third-order valence-electron chi connectivity index (χ3n) is 4.96. The minimum atomic E-state index is -1.26. The third-order valence-corrected chi connectivity index (χ3v) is 5.70. The zero-order chi connectivity index (χ0) is 19.7. The highest BCUT2D eigenvalue weighted by molar-refractivity contribution is 6.42. The van der Waals surface area contributed by atoms with E-state index in [1.54, 1.807) is 0 Å². The number of rotatable bonds is 3. The van der Waals surface area contributed by atoms with Crippen LogP contribution < -0.4 is 0 Å². The first-order valence-corrected chi connectivity index (χ1v) is 9.06. The smallest absolute Gasteiger partial charge is 0.328 e. The largest absolute Gasteiger partial charge is 0.478 e. The van der Waals surface area contributed by atoms with Crippen LogP contribution in [0.3, 0.4) is 0 Å². The molecule has 2 fully saturated rings. The number of hydrogen-bond acceptors (Lipinski definition) is 3. The van der Waals surface area contributed by atoms with Gasteiger partial charge in [0.1, 0.15) is 0 Å². The first kappa shape index (κ1) is 20.7. The second kappa shape index (κ2) is 7.59. The van der Waals surface area contributed by atoms with Crippen LogP contribution in [0, 0.1) is 5.92 Å². The molecule has 1 saturated carbocycles. The monoisotopic (exact) mass is 399 g/mol. The zero-order valence-electron chi connectivity index (χ0n) is 15.0. The molecule has 2 aliphatic rings. The van der Waals surface area contributed by atoms with Gasteiger partial charge in [-0.1, -0.05) is 29.3 Å². The predicted molar refractivity (Wildman–Crippen MR) is 102 cm³/mol. The van der Waals surface area contributed by atoms with Gasteiger partial charge < -0.3 is 10.2 Å². The van der Waals surface area contributed by atoms with E-state index < -0.39 is 11.9 Å². The molecule has 1 heterocycles. The SMILES string of the molecule is CC(C)(C)N1CC2CC2(c2ccc(Cl)c(Cl)c2)C1.O=C(O)/C=C\C(=O)O. The van der Waals surface area contributed by atoms with Gasteiger partial charge in [0.15, 0.2) is 0 Å². The average molecular weight is 400 g/mol. The van der Waals surface area contributed by atoms with Crippen molar-refractivity contribution in [2.24, 2.45) is 5.92 Å². The number of benzene rings is 1. The Hall–Kier alpha value is -1.56. The minimum Gasteiger partial charge on any atom is -0.478 e. The van der Waals surface area contributed by atoms with Crippen molar-refractivity contribution in [2.45, 2.75) is 38.1 Å². The maximum atomic E-state index is 9.55. The maximum absolute atomic E-state index is 9.55. The van der Waals surface area contributed by atoms with Crippen LogP contribution in [0.5, 0.6) is 0 Å². The van der Waals surface area contributed by atoms with Crippen LogP contribution in [0.2, 0.25) is 10.0 Å². The van der Waals surface area contributed by atoms with Crippen LogP contribution in [0.15, 0.2) is 30.4 Å². The topological polar surface area (TPSA) is 77.8 Å². The zero-order valence-corrected chi connectivity index (χ0v) is 16.5. The lowest BCUT2D eigenvalue weighted by atomic mass is 9.94. The number of aliphatic carboxylic acids is 2.